The fourth-order valence-corrected chi connectivity index (χ4v) is 2.78. The van der Waals surface area contributed by atoms with Crippen molar-refractivity contribution in [3.63, 3.8) is 0 Å². The van der Waals surface area contributed by atoms with Crippen molar-refractivity contribution in [3.05, 3.63) is 71.3 Å². The lowest BCUT2D eigenvalue weighted by Gasteiger charge is -2.12. The number of aliphatic imine (C=N–C) groups is 1. The van der Waals surface area contributed by atoms with Gasteiger partial charge >= 0.3 is 0 Å². The number of hydrogen-bond acceptors (Lipinski definition) is 2. The number of rotatable bonds is 9. The molecule has 0 bridgehead atoms. The highest BCUT2D eigenvalue weighted by Gasteiger charge is 2.04. The molecule has 5 heteroatoms. The van der Waals surface area contributed by atoms with Crippen LogP contribution in [0.5, 0.6) is 0 Å². The molecule has 2 aromatic rings. The standard InChI is InChI=1S/C22H30N4O/c1-3-19-12-8-9-13-20(19)16-25-22(23-4-2)26-17-21(27)24-15-14-18-10-6-5-7-11-18/h5-13H,3-4,14-17H2,1-2H3,(H,24,27)(H2,23,25,26). The van der Waals surface area contributed by atoms with E-state index >= 15 is 0 Å². The van der Waals surface area contributed by atoms with E-state index in [4.69, 9.17) is 0 Å². The van der Waals surface area contributed by atoms with Gasteiger partial charge in [0.15, 0.2) is 5.96 Å². The van der Waals surface area contributed by atoms with Crippen molar-refractivity contribution in [1.82, 2.24) is 16.0 Å². The van der Waals surface area contributed by atoms with Gasteiger partial charge in [0, 0.05) is 13.1 Å². The maximum atomic E-state index is 12.1. The molecule has 2 rings (SSSR count). The molecular weight excluding hydrogens is 336 g/mol. The number of amides is 1. The van der Waals surface area contributed by atoms with E-state index in [2.05, 4.69) is 58.2 Å². The van der Waals surface area contributed by atoms with Crippen molar-refractivity contribution >= 4 is 11.9 Å². The molecule has 0 atom stereocenters. The quantitative estimate of drug-likeness (QED) is 0.472. The van der Waals surface area contributed by atoms with E-state index in [0.717, 1.165) is 19.4 Å². The first-order valence-electron chi connectivity index (χ1n) is 9.62. The number of carbonyl (C=O) groups is 1. The number of nitrogens with zero attached hydrogens (tertiary/aromatic N) is 1. The number of nitrogens with one attached hydrogen (secondary N) is 3. The van der Waals surface area contributed by atoms with Crippen LogP contribution in [0, 0.1) is 0 Å². The summed E-state index contributed by atoms with van der Waals surface area (Å²) < 4.78 is 0. The molecule has 0 unspecified atom stereocenters. The fraction of sp³-hybridized carbons (Fsp3) is 0.364. The zero-order chi connectivity index (χ0) is 19.3. The molecule has 0 spiro atoms. The minimum absolute atomic E-state index is 0.0366. The lowest BCUT2D eigenvalue weighted by molar-refractivity contribution is -0.119. The van der Waals surface area contributed by atoms with Gasteiger partial charge in [0.2, 0.25) is 5.91 Å². The third-order valence-electron chi connectivity index (χ3n) is 4.25. The van der Waals surface area contributed by atoms with Crippen LogP contribution in [0.3, 0.4) is 0 Å². The maximum absolute atomic E-state index is 12.1. The molecule has 0 radical (unpaired) electrons. The Kier molecular flexibility index (Phi) is 8.90. The largest absolute Gasteiger partial charge is 0.357 e. The average molecular weight is 367 g/mol. The Balaban J connectivity index is 1.79. The molecular formula is C22H30N4O. The molecule has 0 aromatic heterocycles. The third kappa shape index (κ3) is 7.52. The molecule has 0 saturated carbocycles. The van der Waals surface area contributed by atoms with Gasteiger partial charge in [0.1, 0.15) is 0 Å². The van der Waals surface area contributed by atoms with Gasteiger partial charge in [-0.3, -0.25) is 4.79 Å². The Morgan fingerprint density at radius 2 is 1.59 bits per heavy atom. The second kappa shape index (κ2) is 11.7. The molecule has 5 nitrogen and oxygen atoms in total. The van der Waals surface area contributed by atoms with Crippen LogP contribution in [0.1, 0.15) is 30.5 Å². The first kappa shape index (κ1) is 20.5. The van der Waals surface area contributed by atoms with Gasteiger partial charge in [0.25, 0.3) is 0 Å². The summed E-state index contributed by atoms with van der Waals surface area (Å²) in [5.41, 5.74) is 3.73. The normalized spacial score (nSPS) is 11.1. The Morgan fingerprint density at radius 1 is 0.889 bits per heavy atom. The minimum Gasteiger partial charge on any atom is -0.357 e. The van der Waals surface area contributed by atoms with Gasteiger partial charge in [0.05, 0.1) is 13.1 Å². The first-order valence-corrected chi connectivity index (χ1v) is 9.62. The second-order valence-corrected chi connectivity index (χ2v) is 6.26. The van der Waals surface area contributed by atoms with Crippen LogP contribution in [-0.2, 0) is 24.2 Å². The van der Waals surface area contributed by atoms with Crippen LogP contribution in [0.15, 0.2) is 59.6 Å². The zero-order valence-electron chi connectivity index (χ0n) is 16.3. The van der Waals surface area contributed by atoms with E-state index in [0.29, 0.717) is 19.0 Å². The maximum Gasteiger partial charge on any atom is 0.239 e. The number of hydrogen-bond donors (Lipinski definition) is 3. The van der Waals surface area contributed by atoms with Gasteiger partial charge in [-0.2, -0.15) is 0 Å². The molecule has 0 aliphatic heterocycles. The molecule has 0 aliphatic rings. The highest BCUT2D eigenvalue weighted by Crippen LogP contribution is 2.10. The Labute approximate surface area is 162 Å². The number of guanidine groups is 1. The number of benzene rings is 2. The van der Waals surface area contributed by atoms with Crippen LogP contribution in [0.2, 0.25) is 0 Å². The number of carbonyl (C=O) groups excluding carboxylic acids is 1. The van der Waals surface area contributed by atoms with E-state index in [1.807, 2.05) is 31.2 Å². The monoisotopic (exact) mass is 366 g/mol. The zero-order valence-corrected chi connectivity index (χ0v) is 16.3. The summed E-state index contributed by atoms with van der Waals surface area (Å²) >= 11 is 0. The summed E-state index contributed by atoms with van der Waals surface area (Å²) in [7, 11) is 0. The summed E-state index contributed by atoms with van der Waals surface area (Å²) in [5, 5.41) is 9.23. The van der Waals surface area contributed by atoms with Crippen molar-refractivity contribution < 1.29 is 4.79 Å². The van der Waals surface area contributed by atoms with E-state index in [9.17, 15) is 4.79 Å². The SMILES string of the molecule is CCNC(=NCc1ccccc1CC)NCC(=O)NCCc1ccccc1. The highest BCUT2D eigenvalue weighted by atomic mass is 16.1. The van der Waals surface area contributed by atoms with Crippen LogP contribution < -0.4 is 16.0 Å². The second-order valence-electron chi connectivity index (χ2n) is 6.26. The Bertz CT molecular complexity index is 728. The lowest BCUT2D eigenvalue weighted by Crippen LogP contribution is -2.43. The van der Waals surface area contributed by atoms with Crippen LogP contribution >= 0.6 is 0 Å². The summed E-state index contributed by atoms with van der Waals surface area (Å²) in [6.07, 6.45) is 1.81. The van der Waals surface area contributed by atoms with Crippen LogP contribution in [-0.4, -0.2) is 31.5 Å². The predicted molar refractivity (Wildman–Crippen MR) is 112 cm³/mol. The summed E-state index contributed by atoms with van der Waals surface area (Å²) in [6.45, 7) is 6.33. The van der Waals surface area contributed by atoms with E-state index in [1.165, 1.54) is 16.7 Å². The van der Waals surface area contributed by atoms with Gasteiger partial charge in [-0.15, -0.1) is 0 Å². The van der Waals surface area contributed by atoms with Gasteiger partial charge in [-0.05, 0) is 36.5 Å². The molecule has 27 heavy (non-hydrogen) atoms. The summed E-state index contributed by atoms with van der Waals surface area (Å²) in [5.74, 6) is 0.618. The van der Waals surface area contributed by atoms with Crippen molar-refractivity contribution in [3.8, 4) is 0 Å². The molecule has 0 heterocycles. The topological polar surface area (TPSA) is 65.5 Å². The molecule has 0 saturated heterocycles. The van der Waals surface area contributed by atoms with Gasteiger partial charge < -0.3 is 16.0 Å². The van der Waals surface area contributed by atoms with Crippen LogP contribution in [0.4, 0.5) is 0 Å². The predicted octanol–water partition coefficient (Wildman–Crippen LogP) is 2.66. The number of aryl methyl sites for hydroxylation is 1. The van der Waals surface area contributed by atoms with Gasteiger partial charge in [-0.1, -0.05) is 61.5 Å². The molecule has 2 aromatic carbocycles. The van der Waals surface area contributed by atoms with Crippen molar-refractivity contribution in [2.45, 2.75) is 33.2 Å². The molecule has 3 N–H and O–H groups in total. The summed E-state index contributed by atoms with van der Waals surface area (Å²) in [4.78, 5) is 16.7. The Hall–Kier alpha value is -2.82. The van der Waals surface area contributed by atoms with Gasteiger partial charge in [-0.25, -0.2) is 4.99 Å². The average Bonchev–Trinajstić information content (AvgIpc) is 2.71. The third-order valence-corrected chi connectivity index (χ3v) is 4.25. The van der Waals surface area contributed by atoms with E-state index < -0.39 is 0 Å². The minimum atomic E-state index is -0.0366. The lowest BCUT2D eigenvalue weighted by atomic mass is 10.1. The van der Waals surface area contributed by atoms with E-state index in [-0.39, 0.29) is 12.5 Å². The van der Waals surface area contributed by atoms with E-state index in [1.54, 1.807) is 0 Å². The molecule has 1 amide bonds. The smallest absolute Gasteiger partial charge is 0.239 e. The summed E-state index contributed by atoms with van der Waals surface area (Å²) in [6, 6.07) is 18.5. The Morgan fingerprint density at radius 3 is 2.30 bits per heavy atom. The first-order chi connectivity index (χ1) is 13.2. The van der Waals surface area contributed by atoms with Crippen molar-refractivity contribution in [1.29, 1.82) is 0 Å². The highest BCUT2D eigenvalue weighted by molar-refractivity contribution is 5.86. The van der Waals surface area contributed by atoms with Crippen LogP contribution in [0.25, 0.3) is 0 Å². The molecule has 0 fully saturated rings. The molecule has 0 aliphatic carbocycles. The molecule has 144 valence electrons. The van der Waals surface area contributed by atoms with Crippen molar-refractivity contribution in [2.24, 2.45) is 4.99 Å². The van der Waals surface area contributed by atoms with Crippen molar-refractivity contribution in [2.75, 3.05) is 19.6 Å². The fourth-order valence-electron chi connectivity index (χ4n) is 2.78.